The molecule has 1 aliphatic rings. The van der Waals surface area contributed by atoms with Crippen LogP contribution in [-0.2, 0) is 6.54 Å². The summed E-state index contributed by atoms with van der Waals surface area (Å²) in [6.45, 7) is 5.19. The fourth-order valence-electron chi connectivity index (χ4n) is 3.21. The van der Waals surface area contributed by atoms with Crippen molar-refractivity contribution in [3.8, 4) is 0 Å². The highest BCUT2D eigenvalue weighted by molar-refractivity contribution is 5.97. The molecule has 1 atom stereocenters. The number of fused-ring (bicyclic) bond motifs is 1. The molecule has 116 valence electrons. The van der Waals surface area contributed by atoms with Crippen molar-refractivity contribution in [2.24, 2.45) is 0 Å². The third kappa shape index (κ3) is 2.40. The molecule has 0 aliphatic carbocycles. The number of carbonyl (C=O) groups is 1. The monoisotopic (exact) mass is 299 g/mol. The van der Waals surface area contributed by atoms with Gasteiger partial charge in [-0.15, -0.1) is 0 Å². The number of hydrogen-bond donors (Lipinski definition) is 0. The highest BCUT2D eigenvalue weighted by Crippen LogP contribution is 2.19. The average Bonchev–Trinajstić information content (AvgIpc) is 2.54. The molecule has 0 saturated carbocycles. The summed E-state index contributed by atoms with van der Waals surface area (Å²) >= 11 is 0. The molecule has 0 unspecified atom stereocenters. The fourth-order valence-corrected chi connectivity index (χ4v) is 3.21. The summed E-state index contributed by atoms with van der Waals surface area (Å²) in [5.74, 6) is -0.148. The molecule has 0 N–H and O–H groups in total. The van der Waals surface area contributed by atoms with Gasteiger partial charge in [-0.2, -0.15) is 0 Å². The van der Waals surface area contributed by atoms with Crippen molar-refractivity contribution in [1.82, 2.24) is 14.5 Å². The molecule has 2 aromatic rings. The molecule has 2 aromatic heterocycles. The third-order valence-corrected chi connectivity index (χ3v) is 4.46. The van der Waals surface area contributed by atoms with Crippen LogP contribution in [0, 0.1) is 0 Å². The van der Waals surface area contributed by atoms with E-state index >= 15 is 0 Å². The maximum absolute atomic E-state index is 12.8. The summed E-state index contributed by atoms with van der Waals surface area (Å²) in [5, 5.41) is 0.831. The van der Waals surface area contributed by atoms with Gasteiger partial charge in [0.15, 0.2) is 0 Å². The molecular weight excluding hydrogens is 278 g/mol. The van der Waals surface area contributed by atoms with Crippen molar-refractivity contribution < 1.29 is 4.79 Å². The molecule has 0 radical (unpaired) electrons. The summed E-state index contributed by atoms with van der Waals surface area (Å²) in [7, 11) is 0. The van der Waals surface area contributed by atoms with E-state index in [4.69, 9.17) is 0 Å². The first kappa shape index (κ1) is 14.8. The molecule has 3 heterocycles. The van der Waals surface area contributed by atoms with E-state index in [0.29, 0.717) is 12.2 Å². The van der Waals surface area contributed by atoms with Crippen molar-refractivity contribution >= 4 is 16.9 Å². The first-order valence-corrected chi connectivity index (χ1v) is 7.93. The number of amides is 1. The van der Waals surface area contributed by atoms with E-state index < -0.39 is 0 Å². The minimum Gasteiger partial charge on any atom is -0.336 e. The van der Waals surface area contributed by atoms with Crippen molar-refractivity contribution in [3.63, 3.8) is 0 Å². The molecule has 5 nitrogen and oxygen atoms in total. The third-order valence-electron chi connectivity index (χ3n) is 4.46. The number of likely N-dealkylation sites (tertiary alicyclic amines) is 1. The Balaban J connectivity index is 2.12. The van der Waals surface area contributed by atoms with Crippen LogP contribution in [-0.4, -0.2) is 32.9 Å². The highest BCUT2D eigenvalue weighted by Gasteiger charge is 2.27. The Morgan fingerprint density at radius 2 is 2.23 bits per heavy atom. The summed E-state index contributed by atoms with van der Waals surface area (Å²) in [6, 6.07) is 5.61. The van der Waals surface area contributed by atoms with Gasteiger partial charge in [-0.25, -0.2) is 4.98 Å². The summed E-state index contributed by atoms with van der Waals surface area (Å²) in [5.41, 5.74) is 0.658. The van der Waals surface area contributed by atoms with Crippen LogP contribution in [0.3, 0.4) is 0 Å². The van der Waals surface area contributed by atoms with Gasteiger partial charge in [0.2, 0.25) is 0 Å². The van der Waals surface area contributed by atoms with Gasteiger partial charge < -0.3 is 4.90 Å². The summed E-state index contributed by atoms with van der Waals surface area (Å²) < 4.78 is 1.58. The molecule has 1 saturated heterocycles. The molecule has 0 spiro atoms. The van der Waals surface area contributed by atoms with Crippen LogP contribution in [0.25, 0.3) is 11.0 Å². The van der Waals surface area contributed by atoms with Gasteiger partial charge in [-0.05, 0) is 51.3 Å². The van der Waals surface area contributed by atoms with Gasteiger partial charge in [-0.1, -0.05) is 0 Å². The normalized spacial score (nSPS) is 18.6. The van der Waals surface area contributed by atoms with E-state index in [1.165, 1.54) is 0 Å². The van der Waals surface area contributed by atoms with Gasteiger partial charge in [0.1, 0.15) is 11.2 Å². The standard InChI is InChI=1S/C17H21N3O2/c1-3-19-15-13(8-6-9-18-15)11-14(16(19)21)17(22)20-10-5-4-7-12(20)2/h6,8-9,11-12H,3-5,7,10H2,1-2H3/t12-/m1/s1. The lowest BCUT2D eigenvalue weighted by atomic mass is 10.0. The molecule has 1 aliphatic heterocycles. The Bertz CT molecular complexity index is 766. The molecule has 22 heavy (non-hydrogen) atoms. The quantitative estimate of drug-likeness (QED) is 0.856. The van der Waals surface area contributed by atoms with Crippen molar-refractivity contribution in [2.75, 3.05) is 6.54 Å². The second-order valence-electron chi connectivity index (χ2n) is 5.87. The number of pyridine rings is 2. The van der Waals surface area contributed by atoms with E-state index in [1.807, 2.05) is 24.0 Å². The van der Waals surface area contributed by atoms with Crippen LogP contribution in [0.5, 0.6) is 0 Å². The fraction of sp³-hybridized carbons (Fsp3) is 0.471. The predicted octanol–water partition coefficient (Wildman–Crippen LogP) is 2.43. The van der Waals surface area contributed by atoms with Gasteiger partial charge in [-0.3, -0.25) is 14.2 Å². The Morgan fingerprint density at radius 1 is 1.41 bits per heavy atom. The van der Waals surface area contributed by atoms with E-state index in [0.717, 1.165) is 31.2 Å². The number of rotatable bonds is 2. The Hall–Kier alpha value is -2.17. The first-order valence-electron chi connectivity index (χ1n) is 7.93. The maximum Gasteiger partial charge on any atom is 0.265 e. The molecule has 3 rings (SSSR count). The van der Waals surface area contributed by atoms with Crippen LogP contribution in [0.1, 0.15) is 43.5 Å². The molecule has 0 aromatic carbocycles. The van der Waals surface area contributed by atoms with Crippen LogP contribution >= 0.6 is 0 Å². The number of hydrogen-bond acceptors (Lipinski definition) is 3. The number of carbonyl (C=O) groups excluding carboxylic acids is 1. The molecular formula is C17H21N3O2. The number of piperidine rings is 1. The van der Waals surface area contributed by atoms with Crippen LogP contribution in [0.2, 0.25) is 0 Å². The maximum atomic E-state index is 12.8. The Kier molecular flexibility index (Phi) is 3.96. The lowest BCUT2D eigenvalue weighted by Gasteiger charge is -2.33. The first-order chi connectivity index (χ1) is 10.6. The van der Waals surface area contributed by atoms with Gasteiger partial charge in [0, 0.05) is 30.7 Å². The van der Waals surface area contributed by atoms with Crippen molar-refractivity contribution in [3.05, 3.63) is 40.3 Å². The Labute approximate surface area is 129 Å². The number of aromatic nitrogens is 2. The second-order valence-corrected chi connectivity index (χ2v) is 5.87. The topological polar surface area (TPSA) is 55.2 Å². The summed E-state index contributed by atoms with van der Waals surface area (Å²) in [6.07, 6.45) is 4.82. The highest BCUT2D eigenvalue weighted by atomic mass is 16.2. The second kappa shape index (κ2) is 5.91. The van der Waals surface area contributed by atoms with Crippen LogP contribution in [0.15, 0.2) is 29.2 Å². The van der Waals surface area contributed by atoms with E-state index in [1.54, 1.807) is 16.8 Å². The lowest BCUT2D eigenvalue weighted by Crippen LogP contribution is -2.44. The van der Waals surface area contributed by atoms with Gasteiger partial charge in [0.25, 0.3) is 11.5 Å². The predicted molar refractivity (Wildman–Crippen MR) is 86.0 cm³/mol. The van der Waals surface area contributed by atoms with E-state index in [9.17, 15) is 9.59 Å². The zero-order chi connectivity index (χ0) is 15.7. The van der Waals surface area contributed by atoms with E-state index in [-0.39, 0.29) is 23.1 Å². The molecule has 1 fully saturated rings. The minimum absolute atomic E-state index is 0.148. The van der Waals surface area contributed by atoms with Gasteiger partial charge >= 0.3 is 0 Å². The zero-order valence-corrected chi connectivity index (χ0v) is 13.1. The van der Waals surface area contributed by atoms with Crippen molar-refractivity contribution in [1.29, 1.82) is 0 Å². The number of nitrogens with zero attached hydrogens (tertiary/aromatic N) is 3. The SMILES string of the molecule is CCn1c(=O)c(C(=O)N2CCCC[C@H]2C)cc2cccnc21. The molecule has 5 heteroatoms. The average molecular weight is 299 g/mol. The smallest absolute Gasteiger partial charge is 0.265 e. The molecule has 1 amide bonds. The minimum atomic E-state index is -0.239. The number of aryl methyl sites for hydroxylation is 1. The molecule has 0 bridgehead atoms. The Morgan fingerprint density at radius 3 is 2.95 bits per heavy atom. The van der Waals surface area contributed by atoms with Crippen LogP contribution in [0.4, 0.5) is 0 Å². The van der Waals surface area contributed by atoms with Crippen molar-refractivity contribution in [2.45, 2.75) is 45.7 Å². The van der Waals surface area contributed by atoms with Gasteiger partial charge in [0.05, 0.1) is 0 Å². The zero-order valence-electron chi connectivity index (χ0n) is 13.1. The summed E-state index contributed by atoms with van der Waals surface area (Å²) in [4.78, 5) is 31.6. The van der Waals surface area contributed by atoms with Crippen LogP contribution < -0.4 is 5.56 Å². The largest absolute Gasteiger partial charge is 0.336 e. The van der Waals surface area contributed by atoms with E-state index in [2.05, 4.69) is 11.9 Å². The lowest BCUT2D eigenvalue weighted by molar-refractivity contribution is 0.0633.